The maximum Gasteiger partial charge on any atom is 0.453 e. The molecule has 22 heavy (non-hydrogen) atoms. The predicted molar refractivity (Wildman–Crippen MR) is 66.2 cm³/mol. The Morgan fingerprint density at radius 2 is 1.73 bits per heavy atom. The number of alkyl halides is 6. The molecule has 0 amide bonds. The molecular weight excluding hydrogens is 334 g/mol. The number of thioether (sulfide) groups is 1. The van der Waals surface area contributed by atoms with Crippen LogP contribution in [0.3, 0.4) is 0 Å². The average molecular weight is 342 g/mol. The number of aromatic nitrogens is 3. The van der Waals surface area contributed by atoms with Crippen LogP contribution in [0.15, 0.2) is 29.4 Å². The van der Waals surface area contributed by atoms with Crippen LogP contribution in [0, 0.1) is 0 Å². The van der Waals surface area contributed by atoms with E-state index in [1.807, 2.05) is 0 Å². The number of benzene rings is 1. The molecule has 1 aromatic carbocycles. The summed E-state index contributed by atoms with van der Waals surface area (Å²) in [4.78, 5) is 0. The number of hydrogen-bond acceptors (Lipinski definition) is 4. The van der Waals surface area contributed by atoms with Crippen molar-refractivity contribution < 1.29 is 26.3 Å². The Labute approximate surface area is 124 Å². The summed E-state index contributed by atoms with van der Waals surface area (Å²) in [7, 11) is 0. The Morgan fingerprint density at radius 1 is 1.05 bits per heavy atom. The fraction of sp³-hybridized carbons (Fsp3) is 0.273. The lowest BCUT2D eigenvalue weighted by atomic mass is 10.1. The van der Waals surface area contributed by atoms with Gasteiger partial charge in [0.15, 0.2) is 0 Å². The van der Waals surface area contributed by atoms with E-state index in [2.05, 4.69) is 10.2 Å². The Morgan fingerprint density at radius 3 is 2.27 bits per heavy atom. The van der Waals surface area contributed by atoms with Crippen LogP contribution in [0.25, 0.3) is 0 Å². The van der Waals surface area contributed by atoms with Gasteiger partial charge < -0.3 is 5.84 Å². The van der Waals surface area contributed by atoms with E-state index in [1.165, 1.54) is 12.1 Å². The third-order valence-electron chi connectivity index (χ3n) is 2.54. The number of halogens is 6. The normalized spacial score (nSPS) is 12.6. The van der Waals surface area contributed by atoms with Crippen molar-refractivity contribution in [3.05, 3.63) is 41.2 Å². The average Bonchev–Trinajstić information content (AvgIpc) is 2.77. The van der Waals surface area contributed by atoms with E-state index in [9.17, 15) is 26.3 Å². The maximum absolute atomic E-state index is 12.6. The molecule has 1 heterocycles. The van der Waals surface area contributed by atoms with Gasteiger partial charge in [-0.2, -0.15) is 26.3 Å². The molecule has 0 aliphatic carbocycles. The van der Waals surface area contributed by atoms with Crippen LogP contribution in [0.2, 0.25) is 0 Å². The standard InChI is InChI=1S/C11H8F6N4S/c12-10(13,14)7-3-1-2-6(4-7)5-22-9-20-19-8(21(9)18)11(15,16)17/h1-4H,5,18H2. The summed E-state index contributed by atoms with van der Waals surface area (Å²) >= 11 is 0.753. The summed E-state index contributed by atoms with van der Waals surface area (Å²) in [6, 6.07) is 4.45. The van der Waals surface area contributed by atoms with Gasteiger partial charge in [-0.05, 0) is 11.6 Å². The third-order valence-corrected chi connectivity index (χ3v) is 3.55. The first-order chi connectivity index (χ1) is 10.1. The first kappa shape index (κ1) is 16.5. The van der Waals surface area contributed by atoms with Crippen LogP contribution in [-0.2, 0) is 18.1 Å². The maximum atomic E-state index is 12.6. The van der Waals surface area contributed by atoms with Gasteiger partial charge in [0.25, 0.3) is 5.82 Å². The lowest BCUT2D eigenvalue weighted by Crippen LogP contribution is -2.21. The van der Waals surface area contributed by atoms with Gasteiger partial charge in [0.1, 0.15) is 0 Å². The van der Waals surface area contributed by atoms with Gasteiger partial charge in [0.05, 0.1) is 5.56 Å². The van der Waals surface area contributed by atoms with Gasteiger partial charge in [-0.3, -0.25) is 0 Å². The molecule has 0 atom stereocenters. The summed E-state index contributed by atoms with van der Waals surface area (Å²) in [5, 5.41) is 5.95. The molecule has 0 fully saturated rings. The number of nitrogen functional groups attached to an aromatic ring is 1. The summed E-state index contributed by atoms with van der Waals surface area (Å²) < 4.78 is 75.3. The second-order valence-corrected chi connectivity index (χ2v) is 5.10. The molecule has 0 spiro atoms. The van der Waals surface area contributed by atoms with E-state index in [0.29, 0.717) is 0 Å². The summed E-state index contributed by atoms with van der Waals surface area (Å²) in [6.45, 7) is 0. The van der Waals surface area contributed by atoms with Crippen molar-refractivity contribution in [2.45, 2.75) is 23.3 Å². The second kappa shape index (κ2) is 5.71. The highest BCUT2D eigenvalue weighted by Crippen LogP contribution is 2.32. The molecule has 1 aromatic heterocycles. The van der Waals surface area contributed by atoms with Gasteiger partial charge in [-0.25, -0.2) is 4.68 Å². The Kier molecular flexibility index (Phi) is 4.27. The van der Waals surface area contributed by atoms with Gasteiger partial charge in [0, 0.05) is 5.75 Å². The van der Waals surface area contributed by atoms with E-state index in [4.69, 9.17) is 5.84 Å². The van der Waals surface area contributed by atoms with Crippen LogP contribution in [-0.4, -0.2) is 14.9 Å². The summed E-state index contributed by atoms with van der Waals surface area (Å²) in [5.74, 6) is 3.82. The molecule has 11 heteroatoms. The van der Waals surface area contributed by atoms with Crippen molar-refractivity contribution in [2.24, 2.45) is 0 Å². The number of nitrogens with two attached hydrogens (primary N) is 1. The van der Waals surface area contributed by atoms with Crippen molar-refractivity contribution in [2.75, 3.05) is 5.84 Å². The minimum Gasteiger partial charge on any atom is -0.335 e. The molecule has 2 rings (SSSR count). The van der Waals surface area contributed by atoms with Gasteiger partial charge in [-0.15, -0.1) is 10.2 Å². The fourth-order valence-electron chi connectivity index (χ4n) is 1.55. The predicted octanol–water partition coefficient (Wildman–Crippen LogP) is 3.32. The molecule has 0 radical (unpaired) electrons. The van der Waals surface area contributed by atoms with Gasteiger partial charge in [0.2, 0.25) is 5.16 Å². The molecule has 2 aromatic rings. The highest BCUT2D eigenvalue weighted by molar-refractivity contribution is 7.98. The zero-order chi connectivity index (χ0) is 16.5. The highest BCUT2D eigenvalue weighted by atomic mass is 32.2. The molecular formula is C11H8F6N4S. The van der Waals surface area contributed by atoms with Crippen LogP contribution in [0.5, 0.6) is 0 Å². The van der Waals surface area contributed by atoms with Crippen molar-refractivity contribution in [3.8, 4) is 0 Å². The van der Waals surface area contributed by atoms with Crippen molar-refractivity contribution in [1.29, 1.82) is 0 Å². The Bertz CT molecular complexity index is 663. The lowest BCUT2D eigenvalue weighted by Gasteiger charge is -2.09. The van der Waals surface area contributed by atoms with Gasteiger partial charge >= 0.3 is 12.4 Å². The minimum absolute atomic E-state index is 0.0306. The Balaban J connectivity index is 2.13. The molecule has 0 aliphatic heterocycles. The van der Waals surface area contributed by atoms with Crippen molar-refractivity contribution in [1.82, 2.24) is 14.9 Å². The van der Waals surface area contributed by atoms with Crippen molar-refractivity contribution in [3.63, 3.8) is 0 Å². The van der Waals surface area contributed by atoms with Crippen LogP contribution in [0.1, 0.15) is 17.0 Å². The van der Waals surface area contributed by atoms with Crippen LogP contribution >= 0.6 is 11.8 Å². The van der Waals surface area contributed by atoms with E-state index in [0.717, 1.165) is 23.9 Å². The largest absolute Gasteiger partial charge is 0.453 e. The minimum atomic E-state index is -4.75. The Hall–Kier alpha value is -1.91. The molecule has 0 unspecified atom stereocenters. The SMILES string of the molecule is Nn1c(SCc2cccc(C(F)(F)F)c2)nnc1C(F)(F)F. The molecule has 0 aliphatic rings. The first-order valence-corrected chi connectivity index (χ1v) is 6.64. The van der Waals surface area contributed by atoms with E-state index in [-0.39, 0.29) is 21.1 Å². The molecule has 0 saturated heterocycles. The monoisotopic (exact) mass is 342 g/mol. The van der Waals surface area contributed by atoms with Gasteiger partial charge in [-0.1, -0.05) is 30.0 Å². The molecule has 2 N–H and O–H groups in total. The van der Waals surface area contributed by atoms with Crippen LogP contribution in [0.4, 0.5) is 26.3 Å². The third kappa shape index (κ3) is 3.64. The van der Waals surface area contributed by atoms with E-state index >= 15 is 0 Å². The summed E-state index contributed by atoms with van der Waals surface area (Å²) in [5.41, 5.74) is -0.563. The molecule has 0 bridgehead atoms. The highest BCUT2D eigenvalue weighted by Gasteiger charge is 2.38. The van der Waals surface area contributed by atoms with Crippen LogP contribution < -0.4 is 5.84 Å². The zero-order valence-electron chi connectivity index (χ0n) is 10.6. The van der Waals surface area contributed by atoms with E-state index < -0.39 is 23.7 Å². The molecule has 120 valence electrons. The molecule has 4 nitrogen and oxygen atoms in total. The van der Waals surface area contributed by atoms with Crippen molar-refractivity contribution >= 4 is 11.8 Å². The topological polar surface area (TPSA) is 56.7 Å². The quantitative estimate of drug-likeness (QED) is 0.528. The smallest absolute Gasteiger partial charge is 0.335 e. The van der Waals surface area contributed by atoms with E-state index in [1.54, 1.807) is 0 Å². The fourth-order valence-corrected chi connectivity index (χ4v) is 2.35. The zero-order valence-corrected chi connectivity index (χ0v) is 11.4. The number of rotatable bonds is 3. The molecule has 0 saturated carbocycles. The lowest BCUT2D eigenvalue weighted by molar-refractivity contribution is -0.146. The first-order valence-electron chi connectivity index (χ1n) is 5.65. The second-order valence-electron chi connectivity index (χ2n) is 4.16. The summed E-state index contributed by atoms with van der Waals surface area (Å²) in [6.07, 6.45) is -9.24. The number of nitrogens with zero attached hydrogens (tertiary/aromatic N) is 3. The number of hydrogen-bond donors (Lipinski definition) is 1.